The molecular formula is C13H20BrNOS. The second-order valence-electron chi connectivity index (χ2n) is 4.43. The highest BCUT2D eigenvalue weighted by Gasteiger charge is 2.06. The minimum atomic E-state index is -0.896. The Bertz CT molecular complexity index is 368. The van der Waals surface area contributed by atoms with Crippen LogP contribution in [0.2, 0.25) is 0 Å². The fraction of sp³-hybridized carbons (Fsp3) is 0.538. The van der Waals surface area contributed by atoms with Crippen molar-refractivity contribution in [2.24, 2.45) is 5.92 Å². The van der Waals surface area contributed by atoms with E-state index in [0.717, 1.165) is 28.9 Å². The molecule has 0 aliphatic heterocycles. The van der Waals surface area contributed by atoms with Gasteiger partial charge in [0, 0.05) is 10.2 Å². The van der Waals surface area contributed by atoms with Crippen LogP contribution in [0.5, 0.6) is 0 Å². The van der Waals surface area contributed by atoms with Crippen LogP contribution in [0.1, 0.15) is 20.3 Å². The molecule has 0 saturated heterocycles. The first kappa shape index (κ1) is 14.9. The lowest BCUT2D eigenvalue weighted by Crippen LogP contribution is -2.21. The van der Waals surface area contributed by atoms with Gasteiger partial charge in [-0.15, -0.1) is 0 Å². The van der Waals surface area contributed by atoms with Gasteiger partial charge in [0.05, 0.1) is 15.7 Å². The van der Waals surface area contributed by atoms with Crippen molar-refractivity contribution in [3.05, 3.63) is 28.7 Å². The summed E-state index contributed by atoms with van der Waals surface area (Å²) >= 11 is 3.43. The number of hydrogen-bond acceptors (Lipinski definition) is 2. The summed E-state index contributed by atoms with van der Waals surface area (Å²) in [6.07, 6.45) is 0.945. The molecule has 1 N–H and O–H groups in total. The monoisotopic (exact) mass is 317 g/mol. The molecule has 0 aromatic heterocycles. The summed E-state index contributed by atoms with van der Waals surface area (Å²) in [7, 11) is -0.896. The molecule has 1 aromatic carbocycles. The first-order chi connectivity index (χ1) is 8.11. The minimum Gasteiger partial charge on any atom is -0.316 e. The topological polar surface area (TPSA) is 29.1 Å². The molecule has 0 bridgehead atoms. The lowest BCUT2D eigenvalue weighted by atomic mass is 10.2. The third-order valence-electron chi connectivity index (χ3n) is 2.32. The highest BCUT2D eigenvalue weighted by molar-refractivity contribution is 9.10. The van der Waals surface area contributed by atoms with Crippen molar-refractivity contribution in [1.82, 2.24) is 5.32 Å². The Kier molecular flexibility index (Phi) is 7.00. The molecule has 0 radical (unpaired) electrons. The van der Waals surface area contributed by atoms with Gasteiger partial charge >= 0.3 is 0 Å². The highest BCUT2D eigenvalue weighted by atomic mass is 79.9. The number of rotatable bonds is 7. The van der Waals surface area contributed by atoms with E-state index < -0.39 is 10.8 Å². The van der Waals surface area contributed by atoms with Gasteiger partial charge in [-0.1, -0.05) is 26.0 Å². The van der Waals surface area contributed by atoms with Gasteiger partial charge in [0.25, 0.3) is 0 Å². The maximum absolute atomic E-state index is 12.0. The first-order valence-electron chi connectivity index (χ1n) is 5.95. The summed E-state index contributed by atoms with van der Waals surface area (Å²) in [6, 6.07) is 7.72. The highest BCUT2D eigenvalue weighted by Crippen LogP contribution is 2.19. The van der Waals surface area contributed by atoms with E-state index in [2.05, 4.69) is 35.1 Å². The molecule has 0 aliphatic carbocycles. The van der Waals surface area contributed by atoms with Gasteiger partial charge in [0.15, 0.2) is 0 Å². The SMILES string of the molecule is CC(C)CNCCCS(=O)c1ccccc1Br. The summed E-state index contributed by atoms with van der Waals surface area (Å²) in [5.41, 5.74) is 0. The fourth-order valence-electron chi connectivity index (χ4n) is 1.46. The Morgan fingerprint density at radius 3 is 2.71 bits per heavy atom. The van der Waals surface area contributed by atoms with Crippen LogP contribution < -0.4 is 5.32 Å². The predicted octanol–water partition coefficient (Wildman–Crippen LogP) is 3.19. The van der Waals surface area contributed by atoms with Gasteiger partial charge < -0.3 is 5.32 Å². The normalized spacial score (nSPS) is 12.9. The zero-order valence-electron chi connectivity index (χ0n) is 10.4. The number of halogens is 1. The van der Waals surface area contributed by atoms with E-state index in [-0.39, 0.29) is 0 Å². The van der Waals surface area contributed by atoms with Crippen molar-refractivity contribution in [2.45, 2.75) is 25.2 Å². The van der Waals surface area contributed by atoms with Gasteiger partial charge in [-0.2, -0.15) is 0 Å². The average Bonchev–Trinajstić information content (AvgIpc) is 2.28. The Morgan fingerprint density at radius 1 is 1.35 bits per heavy atom. The predicted molar refractivity (Wildman–Crippen MR) is 77.7 cm³/mol. The first-order valence-corrected chi connectivity index (χ1v) is 8.06. The van der Waals surface area contributed by atoms with Crippen LogP contribution in [-0.4, -0.2) is 23.1 Å². The summed E-state index contributed by atoms with van der Waals surface area (Å²) in [4.78, 5) is 0.899. The molecule has 1 aromatic rings. The molecule has 1 atom stereocenters. The number of hydrogen-bond donors (Lipinski definition) is 1. The molecule has 0 aliphatic rings. The van der Waals surface area contributed by atoms with Crippen LogP contribution in [0.25, 0.3) is 0 Å². The van der Waals surface area contributed by atoms with Gasteiger partial charge in [0.1, 0.15) is 0 Å². The fourth-order valence-corrected chi connectivity index (χ4v) is 3.43. The van der Waals surface area contributed by atoms with Gasteiger partial charge in [-0.3, -0.25) is 4.21 Å². The molecule has 0 amide bonds. The lowest BCUT2D eigenvalue weighted by Gasteiger charge is -2.07. The zero-order chi connectivity index (χ0) is 12.7. The molecule has 1 rings (SSSR count). The number of benzene rings is 1. The van der Waals surface area contributed by atoms with E-state index >= 15 is 0 Å². The molecular weight excluding hydrogens is 298 g/mol. The van der Waals surface area contributed by atoms with Gasteiger partial charge in [-0.05, 0) is 53.5 Å². The molecule has 0 saturated carbocycles. The van der Waals surface area contributed by atoms with E-state index in [1.807, 2.05) is 24.3 Å². The Hall–Kier alpha value is -0.190. The van der Waals surface area contributed by atoms with Crippen LogP contribution in [0.15, 0.2) is 33.6 Å². The molecule has 96 valence electrons. The van der Waals surface area contributed by atoms with E-state index in [0.29, 0.717) is 11.7 Å². The molecule has 4 heteroatoms. The maximum atomic E-state index is 12.0. The van der Waals surface area contributed by atoms with Crippen molar-refractivity contribution in [2.75, 3.05) is 18.8 Å². The van der Waals surface area contributed by atoms with Crippen molar-refractivity contribution >= 4 is 26.7 Å². The van der Waals surface area contributed by atoms with E-state index in [9.17, 15) is 4.21 Å². The van der Waals surface area contributed by atoms with E-state index in [1.54, 1.807) is 0 Å². The third kappa shape index (κ3) is 5.80. The smallest absolute Gasteiger partial charge is 0.0541 e. The Balaban J connectivity index is 2.29. The van der Waals surface area contributed by atoms with Crippen molar-refractivity contribution in [3.8, 4) is 0 Å². The lowest BCUT2D eigenvalue weighted by molar-refractivity contribution is 0.550. The van der Waals surface area contributed by atoms with Crippen LogP contribution in [0.4, 0.5) is 0 Å². The van der Waals surface area contributed by atoms with Crippen LogP contribution >= 0.6 is 15.9 Å². The zero-order valence-corrected chi connectivity index (χ0v) is 12.8. The Morgan fingerprint density at radius 2 is 2.06 bits per heavy atom. The minimum absolute atomic E-state index is 0.670. The summed E-state index contributed by atoms with van der Waals surface area (Å²) in [5, 5.41) is 3.36. The summed E-state index contributed by atoms with van der Waals surface area (Å²) in [6.45, 7) is 6.34. The second-order valence-corrected chi connectivity index (χ2v) is 6.83. The molecule has 2 nitrogen and oxygen atoms in total. The maximum Gasteiger partial charge on any atom is 0.0541 e. The molecule has 0 heterocycles. The summed E-state index contributed by atoms with van der Waals surface area (Å²) in [5.74, 6) is 1.39. The second kappa shape index (κ2) is 8.01. The quantitative estimate of drug-likeness (QED) is 0.782. The van der Waals surface area contributed by atoms with Crippen LogP contribution in [0.3, 0.4) is 0 Å². The average molecular weight is 318 g/mol. The van der Waals surface area contributed by atoms with Gasteiger partial charge in [0.2, 0.25) is 0 Å². The Labute approximate surface area is 115 Å². The third-order valence-corrected chi connectivity index (χ3v) is 4.78. The largest absolute Gasteiger partial charge is 0.316 e. The number of nitrogens with one attached hydrogen (secondary N) is 1. The van der Waals surface area contributed by atoms with Crippen molar-refractivity contribution in [3.63, 3.8) is 0 Å². The van der Waals surface area contributed by atoms with E-state index in [4.69, 9.17) is 0 Å². The molecule has 17 heavy (non-hydrogen) atoms. The van der Waals surface area contributed by atoms with E-state index in [1.165, 1.54) is 0 Å². The van der Waals surface area contributed by atoms with Crippen LogP contribution in [-0.2, 0) is 10.8 Å². The standard InChI is InChI=1S/C13H20BrNOS/c1-11(2)10-15-8-5-9-17(16)13-7-4-3-6-12(13)14/h3-4,6-7,11,15H,5,8-10H2,1-2H3. The van der Waals surface area contributed by atoms with Crippen molar-refractivity contribution in [1.29, 1.82) is 0 Å². The molecule has 0 fully saturated rings. The van der Waals surface area contributed by atoms with Crippen LogP contribution in [0, 0.1) is 5.92 Å². The summed E-state index contributed by atoms with van der Waals surface area (Å²) < 4.78 is 13.0. The van der Waals surface area contributed by atoms with Gasteiger partial charge in [-0.25, -0.2) is 0 Å². The molecule has 1 unspecified atom stereocenters. The van der Waals surface area contributed by atoms with Crippen molar-refractivity contribution < 1.29 is 4.21 Å². The molecule has 0 spiro atoms.